The number of benzene rings is 1. The van der Waals surface area contributed by atoms with E-state index >= 15 is 0 Å². The van der Waals surface area contributed by atoms with Crippen LogP contribution in [0.15, 0.2) is 18.2 Å². The average molecular weight is 192 g/mol. The third-order valence-corrected chi connectivity index (χ3v) is 2.40. The molecule has 1 aromatic carbocycles. The molecule has 0 radical (unpaired) electrons. The predicted octanol–water partition coefficient (Wildman–Crippen LogP) is 1.45. The van der Waals surface area contributed by atoms with E-state index in [0.717, 1.165) is 29.8 Å². The molecule has 74 valence electrons. The topological polar surface area (TPSA) is 35.5 Å². The summed E-state index contributed by atoms with van der Waals surface area (Å²) in [7, 11) is 1.62. The predicted molar refractivity (Wildman–Crippen MR) is 51.7 cm³/mol. The van der Waals surface area contributed by atoms with Crippen molar-refractivity contribution in [1.29, 1.82) is 0 Å². The van der Waals surface area contributed by atoms with Crippen LogP contribution in [0, 0.1) is 5.92 Å². The van der Waals surface area contributed by atoms with Gasteiger partial charge in [-0.2, -0.15) is 0 Å². The lowest BCUT2D eigenvalue weighted by Gasteiger charge is -2.21. The van der Waals surface area contributed by atoms with Gasteiger partial charge in [-0.1, -0.05) is 6.07 Å². The highest BCUT2D eigenvalue weighted by Crippen LogP contribution is 2.30. The fourth-order valence-corrected chi connectivity index (χ4v) is 1.59. The van der Waals surface area contributed by atoms with E-state index in [4.69, 9.17) is 9.47 Å². The third-order valence-electron chi connectivity index (χ3n) is 2.40. The molecule has 0 unspecified atom stereocenters. The van der Waals surface area contributed by atoms with Crippen molar-refractivity contribution in [2.45, 2.75) is 6.42 Å². The Morgan fingerprint density at radius 1 is 1.57 bits per heavy atom. The van der Waals surface area contributed by atoms with Crippen molar-refractivity contribution in [3.05, 3.63) is 23.8 Å². The van der Waals surface area contributed by atoms with Gasteiger partial charge in [0, 0.05) is 6.07 Å². The van der Waals surface area contributed by atoms with Crippen molar-refractivity contribution in [2.75, 3.05) is 13.7 Å². The molecule has 0 saturated heterocycles. The van der Waals surface area contributed by atoms with E-state index in [1.807, 2.05) is 18.2 Å². The molecule has 0 bridgehead atoms. The average Bonchev–Trinajstić information content (AvgIpc) is 2.27. The van der Waals surface area contributed by atoms with Crippen LogP contribution in [0.25, 0.3) is 0 Å². The SMILES string of the molecule is COc1ccc2c(c1)OC[C@H](C=O)C2. The molecule has 0 spiro atoms. The zero-order chi connectivity index (χ0) is 9.97. The summed E-state index contributed by atoms with van der Waals surface area (Å²) in [5.74, 6) is 1.62. The van der Waals surface area contributed by atoms with E-state index in [9.17, 15) is 4.79 Å². The summed E-state index contributed by atoms with van der Waals surface area (Å²) in [4.78, 5) is 10.6. The number of aldehydes is 1. The molecule has 3 heteroatoms. The number of carbonyl (C=O) groups is 1. The van der Waals surface area contributed by atoms with Gasteiger partial charge in [-0.25, -0.2) is 0 Å². The number of hydrogen-bond acceptors (Lipinski definition) is 3. The maximum atomic E-state index is 10.6. The highest BCUT2D eigenvalue weighted by molar-refractivity contribution is 5.56. The van der Waals surface area contributed by atoms with Crippen molar-refractivity contribution >= 4 is 6.29 Å². The summed E-state index contributed by atoms with van der Waals surface area (Å²) < 4.78 is 10.5. The molecule has 1 heterocycles. The molecule has 0 saturated carbocycles. The number of methoxy groups -OCH3 is 1. The van der Waals surface area contributed by atoms with Gasteiger partial charge in [0.25, 0.3) is 0 Å². The molecule has 0 aromatic heterocycles. The molecule has 2 rings (SSSR count). The highest BCUT2D eigenvalue weighted by Gasteiger charge is 2.19. The van der Waals surface area contributed by atoms with Crippen LogP contribution in [0.1, 0.15) is 5.56 Å². The maximum absolute atomic E-state index is 10.6. The van der Waals surface area contributed by atoms with Crippen molar-refractivity contribution in [3.63, 3.8) is 0 Å². The molecule has 14 heavy (non-hydrogen) atoms. The summed E-state index contributed by atoms with van der Waals surface area (Å²) in [6.45, 7) is 0.476. The molecule has 0 fully saturated rings. The van der Waals surface area contributed by atoms with Gasteiger partial charge in [-0.15, -0.1) is 0 Å². The van der Waals surface area contributed by atoms with Crippen molar-refractivity contribution in [3.8, 4) is 11.5 Å². The Bertz CT molecular complexity index is 346. The first kappa shape index (κ1) is 9.06. The molecule has 1 atom stereocenters. The highest BCUT2D eigenvalue weighted by atomic mass is 16.5. The fourth-order valence-electron chi connectivity index (χ4n) is 1.59. The first-order chi connectivity index (χ1) is 6.83. The van der Waals surface area contributed by atoms with E-state index in [1.165, 1.54) is 0 Å². The first-order valence-electron chi connectivity index (χ1n) is 4.58. The lowest BCUT2D eigenvalue weighted by atomic mass is 9.98. The van der Waals surface area contributed by atoms with E-state index in [1.54, 1.807) is 7.11 Å². The number of rotatable bonds is 2. The van der Waals surface area contributed by atoms with Crippen LogP contribution in [0.4, 0.5) is 0 Å². The Balaban J connectivity index is 2.27. The number of hydrogen-bond donors (Lipinski definition) is 0. The van der Waals surface area contributed by atoms with Crippen LogP contribution < -0.4 is 9.47 Å². The minimum absolute atomic E-state index is 0.00380. The minimum Gasteiger partial charge on any atom is -0.497 e. The summed E-state index contributed by atoms with van der Waals surface area (Å²) in [6.07, 6.45) is 1.72. The molecule has 3 nitrogen and oxygen atoms in total. The normalized spacial score (nSPS) is 19.4. The molecule has 1 aliphatic heterocycles. The van der Waals surface area contributed by atoms with Gasteiger partial charge in [-0.3, -0.25) is 0 Å². The molecule has 1 aromatic rings. The van der Waals surface area contributed by atoms with E-state index in [2.05, 4.69) is 0 Å². The first-order valence-corrected chi connectivity index (χ1v) is 4.58. The van der Waals surface area contributed by atoms with E-state index in [0.29, 0.717) is 6.61 Å². The third kappa shape index (κ3) is 1.58. The van der Waals surface area contributed by atoms with Crippen LogP contribution >= 0.6 is 0 Å². The molecule has 0 N–H and O–H groups in total. The second kappa shape index (κ2) is 3.70. The fraction of sp³-hybridized carbons (Fsp3) is 0.364. The van der Waals surface area contributed by atoms with Crippen LogP contribution in [-0.4, -0.2) is 20.0 Å². The lowest BCUT2D eigenvalue weighted by Crippen LogP contribution is -2.21. The van der Waals surface area contributed by atoms with Gasteiger partial charge >= 0.3 is 0 Å². The monoisotopic (exact) mass is 192 g/mol. The summed E-state index contributed by atoms with van der Waals surface area (Å²) >= 11 is 0. The van der Waals surface area contributed by atoms with Gasteiger partial charge in [0.1, 0.15) is 17.8 Å². The Kier molecular flexibility index (Phi) is 2.39. The lowest BCUT2D eigenvalue weighted by molar-refractivity contribution is -0.112. The van der Waals surface area contributed by atoms with Crippen molar-refractivity contribution in [2.24, 2.45) is 5.92 Å². The molecule has 0 amide bonds. The summed E-state index contributed by atoms with van der Waals surface area (Å²) in [5, 5.41) is 0. The molecular weight excluding hydrogens is 180 g/mol. The number of ether oxygens (including phenoxy) is 2. The van der Waals surface area contributed by atoms with Crippen LogP contribution in [-0.2, 0) is 11.2 Å². The van der Waals surface area contributed by atoms with Crippen molar-refractivity contribution in [1.82, 2.24) is 0 Å². The second-order valence-electron chi connectivity index (χ2n) is 3.38. The van der Waals surface area contributed by atoms with Gasteiger partial charge < -0.3 is 14.3 Å². The zero-order valence-electron chi connectivity index (χ0n) is 8.03. The smallest absolute Gasteiger partial charge is 0.126 e. The minimum atomic E-state index is -0.00380. The van der Waals surface area contributed by atoms with Crippen LogP contribution in [0.2, 0.25) is 0 Å². The quantitative estimate of drug-likeness (QED) is 0.665. The maximum Gasteiger partial charge on any atom is 0.126 e. The summed E-state index contributed by atoms with van der Waals surface area (Å²) in [5.41, 5.74) is 1.08. The molecular formula is C11H12O3. The van der Waals surface area contributed by atoms with Gasteiger partial charge in [-0.05, 0) is 18.1 Å². The number of carbonyl (C=O) groups excluding carboxylic acids is 1. The van der Waals surface area contributed by atoms with Crippen LogP contribution in [0.5, 0.6) is 11.5 Å². The number of fused-ring (bicyclic) bond motifs is 1. The van der Waals surface area contributed by atoms with Crippen molar-refractivity contribution < 1.29 is 14.3 Å². The Morgan fingerprint density at radius 3 is 3.14 bits per heavy atom. The van der Waals surface area contributed by atoms with Crippen LogP contribution in [0.3, 0.4) is 0 Å². The van der Waals surface area contributed by atoms with Gasteiger partial charge in [0.2, 0.25) is 0 Å². The zero-order valence-corrected chi connectivity index (χ0v) is 8.03. The Labute approximate surface area is 82.6 Å². The molecule has 0 aliphatic carbocycles. The van der Waals surface area contributed by atoms with E-state index < -0.39 is 0 Å². The Morgan fingerprint density at radius 2 is 2.43 bits per heavy atom. The van der Waals surface area contributed by atoms with Gasteiger partial charge in [0.05, 0.1) is 19.6 Å². The standard InChI is InChI=1S/C11H12O3/c1-13-10-3-2-9-4-8(6-12)7-14-11(9)5-10/h2-3,5-6,8H,4,7H2,1H3/t8-/m0/s1. The second-order valence-corrected chi connectivity index (χ2v) is 3.38. The van der Waals surface area contributed by atoms with E-state index in [-0.39, 0.29) is 5.92 Å². The largest absolute Gasteiger partial charge is 0.497 e. The summed E-state index contributed by atoms with van der Waals surface area (Å²) in [6, 6.07) is 5.69. The van der Waals surface area contributed by atoms with Gasteiger partial charge in [0.15, 0.2) is 0 Å². The Hall–Kier alpha value is -1.51. The molecule has 1 aliphatic rings.